The van der Waals surface area contributed by atoms with Gasteiger partial charge in [-0.05, 0) is 37.1 Å². The highest BCUT2D eigenvalue weighted by atomic mass is 16.2. The third kappa shape index (κ3) is 3.45. The average Bonchev–Trinajstić information content (AvgIpc) is 3.31. The van der Waals surface area contributed by atoms with Crippen LogP contribution in [-0.4, -0.2) is 31.1 Å². The number of hydrogen-bond donors (Lipinski definition) is 2. The first kappa shape index (κ1) is 15.2. The number of carbonyl (C=O) groups excluding carboxylic acids is 1. The van der Waals surface area contributed by atoms with E-state index in [1.807, 2.05) is 11.9 Å². The number of hydrogen-bond acceptors (Lipinski definition) is 3. The maximum Gasteiger partial charge on any atom is 0.263 e. The molecule has 1 fully saturated rings. The topological polar surface area (TPSA) is 44.4 Å². The molecule has 0 radical (unpaired) electrons. The van der Waals surface area contributed by atoms with Crippen molar-refractivity contribution in [2.24, 2.45) is 0 Å². The Morgan fingerprint density at radius 2 is 1.95 bits per heavy atom. The largest absolute Gasteiger partial charge is 0.364 e. The van der Waals surface area contributed by atoms with Crippen molar-refractivity contribution < 1.29 is 4.79 Å². The zero-order valence-corrected chi connectivity index (χ0v) is 12.9. The second-order valence-corrected chi connectivity index (χ2v) is 5.32. The highest BCUT2D eigenvalue weighted by Crippen LogP contribution is 2.38. The summed E-state index contributed by atoms with van der Waals surface area (Å²) >= 11 is 0. The monoisotopic (exact) mass is 285 g/mol. The van der Waals surface area contributed by atoms with Gasteiger partial charge in [-0.3, -0.25) is 4.79 Å². The fourth-order valence-corrected chi connectivity index (χ4v) is 2.41. The van der Waals surface area contributed by atoms with Crippen LogP contribution >= 0.6 is 0 Å². The summed E-state index contributed by atoms with van der Waals surface area (Å²) in [6.07, 6.45) is 3.29. The van der Waals surface area contributed by atoms with E-state index in [9.17, 15) is 4.79 Å². The second kappa shape index (κ2) is 6.48. The van der Waals surface area contributed by atoms with Gasteiger partial charge in [-0.15, -0.1) is 0 Å². The normalized spacial score (nSPS) is 14.1. The Balaban J connectivity index is 2.34. The minimum absolute atomic E-state index is 0.0803. The van der Waals surface area contributed by atoms with E-state index in [4.69, 9.17) is 0 Å². The molecule has 0 saturated heterocycles. The van der Waals surface area contributed by atoms with Crippen molar-refractivity contribution in [3.63, 3.8) is 0 Å². The summed E-state index contributed by atoms with van der Waals surface area (Å²) in [7, 11) is 3.58. The van der Waals surface area contributed by atoms with Crippen molar-refractivity contribution >= 4 is 11.6 Å². The van der Waals surface area contributed by atoms with Crippen LogP contribution < -0.4 is 10.6 Å². The van der Waals surface area contributed by atoms with Crippen LogP contribution in [0.1, 0.15) is 24.0 Å². The van der Waals surface area contributed by atoms with Crippen LogP contribution in [0.4, 0.5) is 0 Å². The first-order valence-corrected chi connectivity index (χ1v) is 7.19. The van der Waals surface area contributed by atoms with Gasteiger partial charge >= 0.3 is 0 Å². The molecule has 4 nitrogen and oxygen atoms in total. The van der Waals surface area contributed by atoms with Gasteiger partial charge in [0, 0.05) is 19.8 Å². The summed E-state index contributed by atoms with van der Waals surface area (Å²) < 4.78 is 0. The lowest BCUT2D eigenvalue weighted by atomic mass is 10.1. The van der Waals surface area contributed by atoms with E-state index in [1.165, 1.54) is 11.1 Å². The van der Waals surface area contributed by atoms with E-state index in [0.29, 0.717) is 0 Å². The molecular formula is C17H23N3O. The van der Waals surface area contributed by atoms with Gasteiger partial charge < -0.3 is 15.5 Å². The van der Waals surface area contributed by atoms with Crippen molar-refractivity contribution in [1.29, 1.82) is 0 Å². The fourth-order valence-electron chi connectivity index (χ4n) is 2.41. The van der Waals surface area contributed by atoms with Crippen LogP contribution in [0.3, 0.4) is 0 Å². The Kier molecular flexibility index (Phi) is 4.68. The molecule has 1 aromatic carbocycles. The van der Waals surface area contributed by atoms with Crippen LogP contribution in [0.2, 0.25) is 0 Å². The number of allylic oxidation sites excluding steroid dienone is 1. The zero-order valence-electron chi connectivity index (χ0n) is 12.9. The second-order valence-electron chi connectivity index (χ2n) is 5.32. The minimum atomic E-state index is -0.461. The molecule has 1 unspecified atom stereocenters. The number of carbonyl (C=O) groups is 1. The molecule has 1 amide bonds. The number of benzene rings is 1. The van der Waals surface area contributed by atoms with Crippen molar-refractivity contribution in [3.05, 3.63) is 53.7 Å². The average molecular weight is 285 g/mol. The summed E-state index contributed by atoms with van der Waals surface area (Å²) in [4.78, 5) is 14.1. The smallest absolute Gasteiger partial charge is 0.263 e. The molecule has 2 N–H and O–H groups in total. The molecule has 1 saturated carbocycles. The van der Waals surface area contributed by atoms with Gasteiger partial charge in [0.15, 0.2) is 6.17 Å². The number of amides is 1. The van der Waals surface area contributed by atoms with Gasteiger partial charge in [0.2, 0.25) is 0 Å². The van der Waals surface area contributed by atoms with Gasteiger partial charge in [-0.25, -0.2) is 0 Å². The summed E-state index contributed by atoms with van der Waals surface area (Å²) in [6.45, 7) is 5.74. The molecule has 1 atom stereocenters. The standard InChI is InChI=1S/C17H23N3O/c1-5-19-16(17(21)18-3)20(4)15(14-10-11-14)13-8-6-12(2)7-9-13/h5-9,16,19H,1,10-11H2,2-4H3,(H,18,21). The third-order valence-corrected chi connectivity index (χ3v) is 3.67. The van der Waals surface area contributed by atoms with Crippen LogP contribution in [0.25, 0.3) is 5.70 Å². The highest BCUT2D eigenvalue weighted by Gasteiger charge is 2.28. The molecule has 2 rings (SSSR count). The van der Waals surface area contributed by atoms with Gasteiger partial charge in [0.1, 0.15) is 0 Å². The van der Waals surface area contributed by atoms with Crippen LogP contribution in [0.5, 0.6) is 0 Å². The van der Waals surface area contributed by atoms with E-state index in [-0.39, 0.29) is 5.91 Å². The summed E-state index contributed by atoms with van der Waals surface area (Å²) in [5.41, 5.74) is 4.91. The van der Waals surface area contributed by atoms with E-state index in [2.05, 4.69) is 48.4 Å². The number of nitrogens with zero attached hydrogens (tertiary/aromatic N) is 1. The van der Waals surface area contributed by atoms with E-state index < -0.39 is 6.17 Å². The molecule has 1 aliphatic carbocycles. The highest BCUT2D eigenvalue weighted by molar-refractivity contribution is 5.84. The summed E-state index contributed by atoms with van der Waals surface area (Å²) in [6, 6.07) is 8.42. The molecule has 0 heterocycles. The SMILES string of the molecule is C=CNC(C(=O)NC)N(C)C(=C1CC1)c1ccc(C)cc1. The minimum Gasteiger partial charge on any atom is -0.364 e. The van der Waals surface area contributed by atoms with Crippen molar-refractivity contribution in [1.82, 2.24) is 15.5 Å². The Bertz CT molecular complexity index is 554. The van der Waals surface area contributed by atoms with E-state index >= 15 is 0 Å². The molecule has 21 heavy (non-hydrogen) atoms. The lowest BCUT2D eigenvalue weighted by molar-refractivity contribution is -0.125. The molecule has 1 aliphatic rings. The maximum absolute atomic E-state index is 12.1. The fraction of sp³-hybridized carbons (Fsp3) is 0.353. The molecule has 0 bridgehead atoms. The predicted molar refractivity (Wildman–Crippen MR) is 86.3 cm³/mol. The molecule has 0 aliphatic heterocycles. The molecule has 112 valence electrons. The van der Waals surface area contributed by atoms with E-state index in [1.54, 1.807) is 13.2 Å². The molecule has 4 heteroatoms. The molecule has 0 spiro atoms. The lowest BCUT2D eigenvalue weighted by Crippen LogP contribution is -2.50. The summed E-state index contributed by atoms with van der Waals surface area (Å²) in [5.74, 6) is -0.0803. The first-order valence-electron chi connectivity index (χ1n) is 7.19. The van der Waals surface area contributed by atoms with Crippen molar-refractivity contribution in [3.8, 4) is 0 Å². The third-order valence-electron chi connectivity index (χ3n) is 3.67. The number of aryl methyl sites for hydroxylation is 1. The van der Waals surface area contributed by atoms with Gasteiger partial charge in [0.05, 0.1) is 0 Å². The van der Waals surface area contributed by atoms with Gasteiger partial charge in [-0.1, -0.05) is 36.4 Å². The number of rotatable bonds is 6. The van der Waals surface area contributed by atoms with Gasteiger partial charge in [0.25, 0.3) is 5.91 Å². The van der Waals surface area contributed by atoms with Crippen LogP contribution in [-0.2, 0) is 4.79 Å². The molecule has 1 aromatic rings. The maximum atomic E-state index is 12.1. The Morgan fingerprint density at radius 3 is 2.43 bits per heavy atom. The Labute approximate surface area is 126 Å². The summed E-state index contributed by atoms with van der Waals surface area (Å²) in [5, 5.41) is 5.71. The molecular weight excluding hydrogens is 262 g/mol. The Morgan fingerprint density at radius 1 is 1.33 bits per heavy atom. The Hall–Kier alpha value is -2.23. The van der Waals surface area contributed by atoms with E-state index in [0.717, 1.165) is 24.1 Å². The predicted octanol–water partition coefficient (Wildman–Crippen LogP) is 2.24. The molecule has 0 aromatic heterocycles. The van der Waals surface area contributed by atoms with Gasteiger partial charge in [-0.2, -0.15) is 0 Å². The van der Waals surface area contributed by atoms with Crippen LogP contribution in [0.15, 0.2) is 42.6 Å². The zero-order chi connectivity index (χ0) is 15.4. The van der Waals surface area contributed by atoms with Crippen molar-refractivity contribution in [2.45, 2.75) is 25.9 Å². The van der Waals surface area contributed by atoms with Crippen molar-refractivity contribution in [2.75, 3.05) is 14.1 Å². The number of nitrogens with one attached hydrogen (secondary N) is 2. The lowest BCUT2D eigenvalue weighted by Gasteiger charge is -2.31. The quantitative estimate of drug-likeness (QED) is 0.788. The number of likely N-dealkylation sites (N-methyl/N-ethyl adjacent to an activating group) is 2. The first-order chi connectivity index (χ1) is 10.1. The van der Waals surface area contributed by atoms with Crippen LogP contribution in [0, 0.1) is 6.92 Å².